The molecule has 2 unspecified atom stereocenters. The van der Waals surface area contributed by atoms with E-state index in [4.69, 9.17) is 0 Å². The van der Waals surface area contributed by atoms with Gasteiger partial charge in [-0.2, -0.15) is 21.9 Å². The average Bonchev–Trinajstić information content (AvgIpc) is 2.99. The average molecular weight is 572 g/mol. The van der Waals surface area contributed by atoms with Gasteiger partial charge in [0.2, 0.25) is 0 Å². The van der Waals surface area contributed by atoms with E-state index in [0.717, 1.165) is 5.56 Å². The summed E-state index contributed by atoms with van der Waals surface area (Å²) in [7, 11) is -2.39. The van der Waals surface area contributed by atoms with Crippen LogP contribution in [0.15, 0.2) is 97.1 Å². The molecule has 0 saturated carbocycles. The molecule has 2 atom stereocenters. The smallest absolute Gasteiger partial charge is 0.846 e. The number of benzene rings is 5. The number of rotatable bonds is 4. The van der Waals surface area contributed by atoms with Crippen LogP contribution < -0.4 is 61.7 Å². The Hall–Kier alpha value is -2.85. The summed E-state index contributed by atoms with van der Waals surface area (Å²) in [6.45, 7) is 15.8. The van der Waals surface area contributed by atoms with Crippen molar-refractivity contribution in [2.75, 3.05) is 0 Å². The van der Waals surface area contributed by atoms with E-state index in [-0.39, 0.29) is 24.5 Å². The molecule has 3 aliphatic heterocycles. The van der Waals surface area contributed by atoms with Crippen LogP contribution in [0.2, 0.25) is 0 Å². The predicted octanol–water partition coefficient (Wildman–Crippen LogP) is 1.33. The number of aryl methyl sites for hydroxylation is 6. The fraction of sp³-hybridized carbons (Fsp3) is 0.231. The quantitative estimate of drug-likeness (QED) is 0.236. The van der Waals surface area contributed by atoms with Gasteiger partial charge in [0.15, 0.2) is 0 Å². The molecule has 43 heavy (non-hydrogen) atoms. The molecule has 5 aromatic rings. The summed E-state index contributed by atoms with van der Waals surface area (Å²) in [4.78, 5) is 0. The Bertz CT molecular complexity index is 1730. The molecule has 4 heteroatoms. The first-order valence-electron chi connectivity index (χ1n) is 15.3. The van der Waals surface area contributed by atoms with Crippen LogP contribution in [0, 0.1) is 41.5 Å². The van der Waals surface area contributed by atoms with Crippen molar-refractivity contribution in [1.29, 1.82) is 0 Å². The number of hydrogen-bond donors (Lipinski definition) is 0. The monoisotopic (exact) mass is 572 g/mol. The van der Waals surface area contributed by atoms with E-state index < -0.39 is 19.5 Å². The molecule has 2 bridgehead atoms. The van der Waals surface area contributed by atoms with Crippen LogP contribution in [0.3, 0.4) is 0 Å². The zero-order valence-corrected chi connectivity index (χ0v) is 27.7. The second kappa shape index (κ2) is 10.6. The minimum atomic E-state index is -2.39. The minimum absolute atomic E-state index is 0. The maximum atomic E-state index is 14.8. The summed E-state index contributed by atoms with van der Waals surface area (Å²) in [5.74, 6) is 0. The fourth-order valence-corrected chi connectivity index (χ4v) is 14.2. The summed E-state index contributed by atoms with van der Waals surface area (Å²) in [6.07, 6.45) is -2.29. The molecule has 0 radical (unpaired) electrons. The maximum absolute atomic E-state index is 14.8. The van der Waals surface area contributed by atoms with Crippen LogP contribution in [-0.4, -0.2) is 11.8 Å². The van der Waals surface area contributed by atoms with Crippen LogP contribution in [-0.2, 0) is 0 Å². The second-order valence-electron chi connectivity index (χ2n) is 13.1. The molecule has 0 aliphatic carbocycles. The van der Waals surface area contributed by atoms with Gasteiger partial charge in [-0.3, -0.25) is 0 Å². The van der Waals surface area contributed by atoms with E-state index in [1.165, 1.54) is 71.1 Å². The predicted molar refractivity (Wildman–Crippen MR) is 183 cm³/mol. The Kier molecular flexibility index (Phi) is 7.48. The van der Waals surface area contributed by atoms with Gasteiger partial charge in [0.1, 0.15) is 13.4 Å². The summed E-state index contributed by atoms with van der Waals surface area (Å²) in [6, 6.07) is 36.3. The molecule has 0 N–H and O–H groups in total. The fourth-order valence-electron chi connectivity index (χ4n) is 8.38. The van der Waals surface area contributed by atoms with Crippen molar-refractivity contribution in [3.8, 4) is 0 Å². The summed E-state index contributed by atoms with van der Waals surface area (Å²) in [5, 5.41) is 19.1. The first-order chi connectivity index (χ1) is 20.1. The molecule has 0 saturated heterocycles. The minimum Gasteiger partial charge on any atom is -0.846 e. The third kappa shape index (κ3) is 3.94. The van der Waals surface area contributed by atoms with Gasteiger partial charge in [0.25, 0.3) is 0 Å². The van der Waals surface area contributed by atoms with Gasteiger partial charge in [-0.1, -0.05) is 107 Å². The van der Waals surface area contributed by atoms with Crippen LogP contribution in [0.1, 0.15) is 52.0 Å². The van der Waals surface area contributed by atoms with Crippen molar-refractivity contribution in [2.24, 2.45) is 0 Å². The van der Waals surface area contributed by atoms with Crippen molar-refractivity contribution >= 4 is 51.2 Å². The first-order valence-corrected chi connectivity index (χ1v) is 17.2. The second-order valence-corrected chi connectivity index (χ2v) is 16.8. The van der Waals surface area contributed by atoms with Gasteiger partial charge in [-0.05, 0) is 83.4 Å². The molecular formula is C39H39BLiOP. The van der Waals surface area contributed by atoms with E-state index in [1.54, 1.807) is 0 Å². The van der Waals surface area contributed by atoms with Gasteiger partial charge in [-0.25, -0.2) is 0 Å². The van der Waals surface area contributed by atoms with E-state index in [9.17, 15) is 5.11 Å². The molecule has 5 aromatic carbocycles. The van der Waals surface area contributed by atoms with Gasteiger partial charge in [-0.15, -0.1) is 0 Å². The molecule has 210 valence electrons. The van der Waals surface area contributed by atoms with Crippen molar-refractivity contribution < 1.29 is 24.0 Å². The van der Waals surface area contributed by atoms with Gasteiger partial charge in [0, 0.05) is 0 Å². The first kappa shape index (κ1) is 30.2. The molecular weight excluding hydrogens is 533 g/mol. The number of hydrogen-bond acceptors (Lipinski definition) is 1. The van der Waals surface area contributed by atoms with Crippen molar-refractivity contribution in [2.45, 2.75) is 60.2 Å². The van der Waals surface area contributed by atoms with E-state index in [0.29, 0.717) is 0 Å². The molecule has 3 aliphatic rings. The van der Waals surface area contributed by atoms with Crippen molar-refractivity contribution in [3.63, 3.8) is 0 Å². The molecule has 0 fully saturated rings. The maximum Gasteiger partial charge on any atom is 1.00 e. The Morgan fingerprint density at radius 1 is 0.535 bits per heavy atom. The largest absolute Gasteiger partial charge is 1.00 e. The summed E-state index contributed by atoms with van der Waals surface area (Å²) < 4.78 is 0. The van der Waals surface area contributed by atoms with E-state index in [1.807, 2.05) is 30.3 Å². The van der Waals surface area contributed by atoms with E-state index >= 15 is 0 Å². The third-order valence-corrected chi connectivity index (χ3v) is 15.9. The third-order valence-electron chi connectivity index (χ3n) is 10.9. The van der Waals surface area contributed by atoms with Gasteiger partial charge >= 0.3 is 18.9 Å². The molecule has 1 nitrogen and oxygen atoms in total. The molecule has 8 rings (SSSR count). The zero-order valence-electron chi connectivity index (χ0n) is 26.8. The molecule has 3 heterocycles. The molecule has 0 aromatic heterocycles. The Labute approximate surface area is 270 Å². The molecule has 0 amide bonds. The zero-order chi connectivity index (χ0) is 29.6. The standard InChI is InChI=1S/C39H39BOP.Li/c1-24-18-33-36(21-27(24)4)42(30(7)39(41)31-14-10-8-11-15-31)37-22-28(5)25(2)19-34(37)40(33,32-16-12-9-13-17-32)35-20-26(3)29(6)23-38(35)42;/h8-23,30,39H,1-7H3;/q-1;+1. The Morgan fingerprint density at radius 2 is 0.884 bits per heavy atom. The van der Waals surface area contributed by atoms with Crippen LogP contribution in [0.4, 0.5) is 0 Å². The summed E-state index contributed by atoms with van der Waals surface area (Å²) in [5.41, 5.74) is 14.4. The normalized spacial score (nSPS) is 20.8. The van der Waals surface area contributed by atoms with Crippen LogP contribution >= 0.6 is 7.26 Å². The SMILES string of the molecule is Cc1cc2c(cc1C)[P+]1(C(C)C([O-])c3ccccc3)c3cc(C)c(C)cc3[B-]2(c2ccccc2)c2cc(C)c(C)cc21.[Li+]. The van der Waals surface area contributed by atoms with Crippen LogP contribution in [0.5, 0.6) is 0 Å². The Balaban J connectivity index is 0.00000329. The summed E-state index contributed by atoms with van der Waals surface area (Å²) >= 11 is 0. The topological polar surface area (TPSA) is 23.1 Å². The van der Waals surface area contributed by atoms with Gasteiger partial charge < -0.3 is 5.11 Å². The Morgan fingerprint density at radius 3 is 1.28 bits per heavy atom. The van der Waals surface area contributed by atoms with Crippen molar-refractivity contribution in [1.82, 2.24) is 0 Å². The van der Waals surface area contributed by atoms with Gasteiger partial charge in [0.05, 0.1) is 21.6 Å². The van der Waals surface area contributed by atoms with Crippen LogP contribution in [0.25, 0.3) is 0 Å². The molecule has 0 spiro atoms. The van der Waals surface area contributed by atoms with Crippen molar-refractivity contribution in [3.05, 3.63) is 136 Å². The van der Waals surface area contributed by atoms with E-state index in [2.05, 4.69) is 115 Å².